The maximum atomic E-state index is 6.61. The van der Waals surface area contributed by atoms with Crippen LogP contribution in [-0.4, -0.2) is 4.98 Å². The predicted octanol–water partition coefficient (Wildman–Crippen LogP) is 3.39. The van der Waals surface area contributed by atoms with Crippen LogP contribution in [0.2, 0.25) is 0 Å². The zero-order valence-corrected chi connectivity index (χ0v) is 11.5. The van der Waals surface area contributed by atoms with Gasteiger partial charge in [-0.1, -0.05) is 13.3 Å². The molecule has 2 aliphatic rings. The third kappa shape index (κ3) is 2.04. The summed E-state index contributed by atoms with van der Waals surface area (Å²) in [5.74, 6) is 0.820. The van der Waals surface area contributed by atoms with Crippen molar-refractivity contribution in [3.8, 4) is 0 Å². The van der Waals surface area contributed by atoms with Gasteiger partial charge in [0.15, 0.2) is 0 Å². The number of fused-ring (bicyclic) bond motifs is 1. The summed E-state index contributed by atoms with van der Waals surface area (Å²) in [6.45, 7) is 2.28. The Morgan fingerprint density at radius 1 is 1.41 bits per heavy atom. The molecule has 1 fully saturated rings. The minimum atomic E-state index is -0.0946. The van der Waals surface area contributed by atoms with Gasteiger partial charge in [0, 0.05) is 4.88 Å². The van der Waals surface area contributed by atoms with Crippen LogP contribution in [0, 0.1) is 5.92 Å². The first-order valence-corrected chi connectivity index (χ1v) is 7.81. The molecule has 1 aromatic rings. The van der Waals surface area contributed by atoms with Gasteiger partial charge in [-0.05, 0) is 50.9 Å². The number of hydrogen-bond acceptors (Lipinski definition) is 3. The molecule has 1 heterocycles. The van der Waals surface area contributed by atoms with Crippen molar-refractivity contribution in [3.05, 3.63) is 15.6 Å². The largest absolute Gasteiger partial charge is 0.319 e. The Kier molecular flexibility index (Phi) is 2.99. The SMILES string of the molecule is CCC1CCC(N)(c2nc3c(s2)CCCC3)C1. The van der Waals surface area contributed by atoms with Gasteiger partial charge in [-0.15, -0.1) is 11.3 Å². The Morgan fingerprint density at radius 2 is 2.24 bits per heavy atom. The van der Waals surface area contributed by atoms with Crippen molar-refractivity contribution in [1.29, 1.82) is 0 Å². The van der Waals surface area contributed by atoms with Gasteiger partial charge in [0.2, 0.25) is 0 Å². The van der Waals surface area contributed by atoms with Crippen LogP contribution in [0.4, 0.5) is 0 Å². The second-order valence-electron chi connectivity index (χ2n) is 5.77. The third-order valence-corrected chi connectivity index (χ3v) is 5.88. The van der Waals surface area contributed by atoms with Gasteiger partial charge in [0.1, 0.15) is 5.01 Å². The van der Waals surface area contributed by atoms with Crippen molar-refractivity contribution < 1.29 is 0 Å². The fraction of sp³-hybridized carbons (Fsp3) is 0.786. The summed E-state index contributed by atoms with van der Waals surface area (Å²) in [5, 5.41) is 1.24. The van der Waals surface area contributed by atoms with Crippen molar-refractivity contribution in [1.82, 2.24) is 4.98 Å². The highest BCUT2D eigenvalue weighted by atomic mass is 32.1. The van der Waals surface area contributed by atoms with E-state index in [4.69, 9.17) is 10.7 Å². The highest BCUT2D eigenvalue weighted by molar-refractivity contribution is 7.11. The number of nitrogens with zero attached hydrogens (tertiary/aromatic N) is 1. The number of nitrogens with two attached hydrogens (primary N) is 1. The molecular weight excluding hydrogens is 228 g/mol. The van der Waals surface area contributed by atoms with E-state index in [-0.39, 0.29) is 5.54 Å². The normalized spacial score (nSPS) is 32.7. The van der Waals surface area contributed by atoms with Gasteiger partial charge in [-0.25, -0.2) is 4.98 Å². The number of thiazole rings is 1. The first kappa shape index (κ1) is 11.7. The summed E-state index contributed by atoms with van der Waals surface area (Å²) in [4.78, 5) is 6.39. The summed E-state index contributed by atoms with van der Waals surface area (Å²) in [6, 6.07) is 0. The number of aromatic nitrogens is 1. The van der Waals surface area contributed by atoms with Crippen molar-refractivity contribution >= 4 is 11.3 Å². The summed E-state index contributed by atoms with van der Waals surface area (Å²) in [5.41, 5.74) is 7.87. The second kappa shape index (κ2) is 4.36. The number of hydrogen-bond donors (Lipinski definition) is 1. The van der Waals surface area contributed by atoms with Crippen molar-refractivity contribution in [2.45, 2.75) is 63.8 Å². The molecule has 2 unspecified atom stereocenters. The average molecular weight is 250 g/mol. The van der Waals surface area contributed by atoms with Crippen LogP contribution in [0.3, 0.4) is 0 Å². The van der Waals surface area contributed by atoms with Crippen molar-refractivity contribution in [3.63, 3.8) is 0 Å². The Hall–Kier alpha value is -0.410. The van der Waals surface area contributed by atoms with Gasteiger partial charge >= 0.3 is 0 Å². The van der Waals surface area contributed by atoms with E-state index in [0.29, 0.717) is 0 Å². The standard InChI is InChI=1S/C14H22N2S/c1-2-10-7-8-14(15,9-10)13-16-11-5-3-4-6-12(11)17-13/h10H,2-9,15H2,1H3. The molecule has 0 saturated heterocycles. The Balaban J connectivity index is 1.86. The maximum Gasteiger partial charge on any atom is 0.113 e. The summed E-state index contributed by atoms with van der Waals surface area (Å²) < 4.78 is 0. The monoisotopic (exact) mass is 250 g/mol. The lowest BCUT2D eigenvalue weighted by Crippen LogP contribution is -2.33. The zero-order chi connectivity index (χ0) is 11.9. The van der Waals surface area contributed by atoms with Crippen LogP contribution in [0.25, 0.3) is 0 Å². The summed E-state index contributed by atoms with van der Waals surface area (Å²) in [6.07, 6.45) is 9.91. The molecule has 17 heavy (non-hydrogen) atoms. The molecule has 3 rings (SSSR count). The molecule has 2 aliphatic carbocycles. The van der Waals surface area contributed by atoms with E-state index in [1.807, 2.05) is 11.3 Å². The summed E-state index contributed by atoms with van der Waals surface area (Å²) >= 11 is 1.91. The van der Waals surface area contributed by atoms with Crippen molar-refractivity contribution in [2.24, 2.45) is 11.7 Å². The van der Waals surface area contributed by atoms with Gasteiger partial charge in [0.05, 0.1) is 11.2 Å². The first-order valence-electron chi connectivity index (χ1n) is 6.99. The van der Waals surface area contributed by atoms with Gasteiger partial charge < -0.3 is 5.73 Å². The molecule has 1 aromatic heterocycles. The molecular formula is C14H22N2S. The quantitative estimate of drug-likeness (QED) is 0.874. The zero-order valence-electron chi connectivity index (χ0n) is 10.7. The molecule has 3 heteroatoms. The van der Waals surface area contributed by atoms with E-state index in [2.05, 4.69) is 6.92 Å². The second-order valence-corrected chi connectivity index (χ2v) is 6.85. The molecule has 0 spiro atoms. The predicted molar refractivity (Wildman–Crippen MR) is 72.3 cm³/mol. The molecule has 2 nitrogen and oxygen atoms in total. The number of rotatable bonds is 2. The molecule has 2 atom stereocenters. The molecule has 0 bridgehead atoms. The van der Waals surface area contributed by atoms with Gasteiger partial charge in [0.25, 0.3) is 0 Å². The van der Waals surface area contributed by atoms with Crippen LogP contribution in [0.15, 0.2) is 0 Å². The van der Waals surface area contributed by atoms with Crippen molar-refractivity contribution in [2.75, 3.05) is 0 Å². The summed E-state index contributed by atoms with van der Waals surface area (Å²) in [7, 11) is 0. The number of aryl methyl sites for hydroxylation is 2. The lowest BCUT2D eigenvalue weighted by Gasteiger charge is -2.21. The minimum absolute atomic E-state index is 0.0946. The smallest absolute Gasteiger partial charge is 0.113 e. The lowest BCUT2D eigenvalue weighted by molar-refractivity contribution is 0.421. The maximum absolute atomic E-state index is 6.61. The lowest BCUT2D eigenvalue weighted by atomic mass is 9.97. The van der Waals surface area contributed by atoms with Gasteiger partial charge in [-0.2, -0.15) is 0 Å². The molecule has 2 N–H and O–H groups in total. The highest BCUT2D eigenvalue weighted by Gasteiger charge is 2.39. The molecule has 0 aromatic carbocycles. The molecule has 0 radical (unpaired) electrons. The molecule has 0 amide bonds. The van der Waals surface area contributed by atoms with Crippen LogP contribution < -0.4 is 5.73 Å². The Morgan fingerprint density at radius 3 is 2.94 bits per heavy atom. The van der Waals surface area contributed by atoms with Crippen LogP contribution >= 0.6 is 11.3 Å². The fourth-order valence-electron chi connectivity index (χ4n) is 3.29. The van der Waals surface area contributed by atoms with E-state index >= 15 is 0 Å². The van der Waals surface area contributed by atoms with E-state index in [9.17, 15) is 0 Å². The molecule has 94 valence electrons. The average Bonchev–Trinajstić information content (AvgIpc) is 2.93. The first-order chi connectivity index (χ1) is 8.21. The third-order valence-electron chi connectivity index (χ3n) is 4.50. The topological polar surface area (TPSA) is 38.9 Å². The van der Waals surface area contributed by atoms with Crippen LogP contribution in [-0.2, 0) is 18.4 Å². The van der Waals surface area contributed by atoms with Crippen LogP contribution in [0.1, 0.15) is 61.0 Å². The van der Waals surface area contributed by atoms with Crippen LogP contribution in [0.5, 0.6) is 0 Å². The minimum Gasteiger partial charge on any atom is -0.319 e. The fourth-order valence-corrected chi connectivity index (χ4v) is 4.58. The van der Waals surface area contributed by atoms with Gasteiger partial charge in [-0.3, -0.25) is 0 Å². The Bertz CT molecular complexity index is 389. The van der Waals surface area contributed by atoms with E-state index in [0.717, 1.165) is 18.8 Å². The highest BCUT2D eigenvalue weighted by Crippen LogP contribution is 2.44. The van der Waals surface area contributed by atoms with E-state index < -0.39 is 0 Å². The Labute approximate surface area is 108 Å². The van der Waals surface area contributed by atoms with E-state index in [1.165, 1.54) is 54.1 Å². The molecule has 0 aliphatic heterocycles. The van der Waals surface area contributed by atoms with E-state index in [1.54, 1.807) is 0 Å². The molecule has 1 saturated carbocycles.